The molecule has 2 aromatic heterocycles. The van der Waals surface area contributed by atoms with Crippen LogP contribution in [0, 0.1) is 17.8 Å². The van der Waals surface area contributed by atoms with Gasteiger partial charge in [-0.25, -0.2) is 0 Å². The third kappa shape index (κ3) is 14.6. The van der Waals surface area contributed by atoms with E-state index in [1.165, 1.54) is 0 Å². The number of carbonyl (C=O) groups is 6. The molecule has 19 nitrogen and oxygen atoms in total. The van der Waals surface area contributed by atoms with E-state index in [9.17, 15) is 28.8 Å². The summed E-state index contributed by atoms with van der Waals surface area (Å²) < 4.78 is 5.37. The molecule has 101 heavy (non-hydrogen) atoms. The SMILES string of the molecule is CC(C(=O)N1CCC[C@H]1C1=NC=C(c2ccc(-c3ccc4[nH]nc(NC(=O)[C@@H]5CCCN5C(=O)[C@H](C)c5ccccc5)c4c3)cc2)C1)c1ccccc1.CO[C@H](C)[C@H](C)C(=O)N1CCC[C@H]1C(=O)Nc1n[nH]c2ccc(-c3ccc(C4=CN=C([C@@H]5CCCN5C(=O)[C@@H](C)C(C)C)C4)cc3)cc12. The zero-order valence-electron chi connectivity index (χ0n) is 59.1. The molecule has 6 aliphatic rings. The van der Waals surface area contributed by atoms with Gasteiger partial charge in [-0.3, -0.25) is 48.9 Å². The molecule has 0 saturated carbocycles. The minimum absolute atomic E-state index is 0.00805. The van der Waals surface area contributed by atoms with Crippen molar-refractivity contribution in [1.82, 2.24) is 40.0 Å². The summed E-state index contributed by atoms with van der Waals surface area (Å²) in [6.07, 6.45) is 11.9. The Morgan fingerprint density at radius 2 is 0.822 bits per heavy atom. The van der Waals surface area contributed by atoms with Gasteiger partial charge in [0.2, 0.25) is 35.4 Å². The number of nitrogens with one attached hydrogen (secondary N) is 4. The number of carbonyl (C=O) groups excluding carboxylic acids is 6. The van der Waals surface area contributed by atoms with Gasteiger partial charge in [-0.1, -0.05) is 149 Å². The van der Waals surface area contributed by atoms with Crippen molar-refractivity contribution in [2.24, 2.45) is 27.7 Å². The number of ether oxygens (including phenoxy) is 1. The van der Waals surface area contributed by atoms with E-state index < -0.39 is 12.1 Å². The van der Waals surface area contributed by atoms with Crippen LogP contribution in [-0.4, -0.2) is 150 Å². The summed E-state index contributed by atoms with van der Waals surface area (Å²) in [6, 6.07) is 47.8. The van der Waals surface area contributed by atoms with Gasteiger partial charge in [0.05, 0.1) is 47.0 Å². The van der Waals surface area contributed by atoms with Crippen LogP contribution < -0.4 is 10.6 Å². The maximum atomic E-state index is 13.6. The third-order valence-corrected chi connectivity index (χ3v) is 22.0. The molecule has 0 spiro atoms. The van der Waals surface area contributed by atoms with Gasteiger partial charge in [-0.2, -0.15) is 10.2 Å². The van der Waals surface area contributed by atoms with E-state index in [0.29, 0.717) is 43.5 Å². The summed E-state index contributed by atoms with van der Waals surface area (Å²) >= 11 is 0. The average molecular weight is 1360 g/mol. The molecule has 8 aromatic rings. The van der Waals surface area contributed by atoms with Crippen molar-refractivity contribution in [3.63, 3.8) is 0 Å². The normalized spacial score (nSPS) is 20.4. The molecule has 0 aliphatic carbocycles. The number of rotatable bonds is 19. The van der Waals surface area contributed by atoms with E-state index in [1.807, 2.05) is 149 Å². The minimum atomic E-state index is -0.541. The van der Waals surface area contributed by atoms with Crippen LogP contribution in [0.25, 0.3) is 55.2 Å². The molecule has 6 aliphatic heterocycles. The Bertz CT molecular complexity index is 4520. The van der Waals surface area contributed by atoms with Gasteiger partial charge in [0.1, 0.15) is 12.1 Å². The molecule has 8 heterocycles. The molecule has 9 atom stereocenters. The van der Waals surface area contributed by atoms with E-state index in [2.05, 4.69) is 98.3 Å². The van der Waals surface area contributed by atoms with Crippen LogP contribution in [0.1, 0.15) is 147 Å². The second-order valence-electron chi connectivity index (χ2n) is 28.5. The van der Waals surface area contributed by atoms with Crippen LogP contribution in [0.4, 0.5) is 11.6 Å². The maximum Gasteiger partial charge on any atom is 0.248 e. The first kappa shape index (κ1) is 69.3. The van der Waals surface area contributed by atoms with Crippen LogP contribution in [0.2, 0.25) is 0 Å². The van der Waals surface area contributed by atoms with Crippen molar-refractivity contribution in [3.8, 4) is 22.3 Å². The van der Waals surface area contributed by atoms with E-state index in [-0.39, 0.29) is 77.3 Å². The van der Waals surface area contributed by atoms with Gasteiger partial charge >= 0.3 is 0 Å². The average Bonchev–Trinajstić information content (AvgIpc) is 1.70. The van der Waals surface area contributed by atoms with Crippen molar-refractivity contribution in [3.05, 3.63) is 180 Å². The molecule has 6 aromatic carbocycles. The fourth-order valence-corrected chi connectivity index (χ4v) is 15.2. The van der Waals surface area contributed by atoms with E-state index in [0.717, 1.165) is 153 Å². The third-order valence-electron chi connectivity index (χ3n) is 22.0. The van der Waals surface area contributed by atoms with Crippen molar-refractivity contribution in [2.75, 3.05) is 43.9 Å². The summed E-state index contributed by atoms with van der Waals surface area (Å²) in [4.78, 5) is 97.5. The number of fused-ring (bicyclic) bond motifs is 2. The Kier molecular flexibility index (Phi) is 20.8. The van der Waals surface area contributed by atoms with Gasteiger partial charge in [-0.05, 0) is 158 Å². The Morgan fingerprint density at radius 1 is 0.446 bits per heavy atom. The second-order valence-corrected chi connectivity index (χ2v) is 28.5. The lowest BCUT2D eigenvalue weighted by Gasteiger charge is -2.29. The van der Waals surface area contributed by atoms with E-state index in [1.54, 1.807) is 16.9 Å². The first-order valence-electron chi connectivity index (χ1n) is 36.1. The second kappa shape index (κ2) is 30.4. The molecule has 4 N–H and O–H groups in total. The van der Waals surface area contributed by atoms with Gasteiger partial charge < -0.3 is 35.0 Å². The molecule has 0 radical (unpaired) electrons. The van der Waals surface area contributed by atoms with Crippen molar-refractivity contribution >= 4 is 91.5 Å². The van der Waals surface area contributed by atoms with E-state index in [4.69, 9.17) is 14.7 Å². The molecule has 1 unspecified atom stereocenters. The molecule has 14 rings (SSSR count). The quantitative estimate of drug-likeness (QED) is 0.0602. The number of amides is 6. The smallest absolute Gasteiger partial charge is 0.248 e. The van der Waals surface area contributed by atoms with Crippen LogP contribution in [0.15, 0.2) is 168 Å². The van der Waals surface area contributed by atoms with Gasteiger partial charge in [0, 0.05) is 86.6 Å². The van der Waals surface area contributed by atoms with Crippen LogP contribution in [0.3, 0.4) is 0 Å². The number of aromatic nitrogens is 4. The number of anilines is 2. The highest BCUT2D eigenvalue weighted by molar-refractivity contribution is 6.07. The van der Waals surface area contributed by atoms with Crippen molar-refractivity contribution in [2.45, 2.75) is 155 Å². The number of allylic oxidation sites excluding steroid dienone is 2. The van der Waals surface area contributed by atoms with Gasteiger partial charge in [-0.15, -0.1) is 0 Å². The zero-order chi connectivity index (χ0) is 70.6. The summed E-state index contributed by atoms with van der Waals surface area (Å²) in [7, 11) is 1.59. The lowest BCUT2D eigenvalue weighted by Crippen LogP contribution is -2.47. The highest BCUT2D eigenvalue weighted by Crippen LogP contribution is 2.38. The molecular weight excluding hydrogens is 1260 g/mol. The van der Waals surface area contributed by atoms with Crippen molar-refractivity contribution in [1.29, 1.82) is 0 Å². The Morgan fingerprint density at radius 3 is 1.26 bits per heavy atom. The number of methoxy groups -OCH3 is 1. The van der Waals surface area contributed by atoms with Crippen LogP contribution in [0.5, 0.6) is 0 Å². The minimum Gasteiger partial charge on any atom is -0.381 e. The molecule has 19 heteroatoms. The lowest BCUT2D eigenvalue weighted by atomic mass is 9.94. The molecule has 0 bridgehead atoms. The number of aromatic amines is 2. The Hall–Kier alpha value is -10.1. The monoisotopic (exact) mass is 1360 g/mol. The Labute approximate surface area is 591 Å². The Balaban J connectivity index is 0.000000182. The largest absolute Gasteiger partial charge is 0.381 e. The van der Waals surface area contributed by atoms with Gasteiger partial charge in [0.25, 0.3) is 0 Å². The molecule has 522 valence electrons. The number of hydrogen-bond acceptors (Lipinski definition) is 11. The lowest BCUT2D eigenvalue weighted by molar-refractivity contribution is -0.143. The standard InChI is InChI=1S/C44H44N6O3.C38H48N6O4/c1-28(30-11-5-3-6-12-30)43(52)49-23-9-15-39(49)38-26-35(27-45-38)33-19-17-32(18-20-33)34-21-22-37-36(25-34)41(48-47-37)46-42(51)40-16-10-24-50(40)44(53)29(2)31-13-7-4-8-14-31;1-22(2)23(3)37(46)43-17-7-9-33(43)32-20-29(21-39-32)27-13-11-26(12-14-27)28-15-16-31-30(19-28)35(42-41-31)40-36(45)34-10-8-18-44(34)38(47)24(4)25(5)48-6/h3-8,11-14,17-22,25,27-29,39-40H,9-10,15-16,23-24,26H2,1-2H3,(H2,46,47,48,51);11-16,19,21-25,33-34H,7-10,17-18,20H2,1-6H3,(H2,40,41,42,45)/t28?,29-,39+,40+;23-,24-,25+,33-,34-/m10/s1. The number of nitrogens with zero attached hydrogens (tertiary/aromatic N) is 8. The molecular formula is C82H92N12O7. The fraction of sp³-hybridized carbons (Fsp3) is 0.390. The molecule has 6 amide bonds. The molecule has 4 fully saturated rings. The van der Waals surface area contributed by atoms with Crippen molar-refractivity contribution < 1.29 is 33.5 Å². The highest BCUT2D eigenvalue weighted by Gasteiger charge is 2.41. The number of likely N-dealkylation sites (tertiary alicyclic amines) is 4. The summed E-state index contributed by atoms with van der Waals surface area (Å²) in [6.45, 7) is 16.5. The van der Waals surface area contributed by atoms with Crippen LogP contribution in [-0.2, 0) is 33.5 Å². The predicted octanol–water partition coefficient (Wildman–Crippen LogP) is 14.2. The highest BCUT2D eigenvalue weighted by atomic mass is 16.5. The van der Waals surface area contributed by atoms with Gasteiger partial charge in [0.15, 0.2) is 11.6 Å². The number of benzene rings is 6. The van der Waals surface area contributed by atoms with E-state index >= 15 is 0 Å². The zero-order valence-corrected chi connectivity index (χ0v) is 59.1. The first-order chi connectivity index (χ1) is 48.9. The summed E-state index contributed by atoms with van der Waals surface area (Å²) in [5, 5.41) is 22.5. The van der Waals surface area contributed by atoms with Crippen LogP contribution >= 0.6 is 0 Å². The number of aliphatic imine (C=N–C) groups is 2. The summed E-state index contributed by atoms with van der Waals surface area (Å²) in [5.74, 6) is 0.235. The summed E-state index contributed by atoms with van der Waals surface area (Å²) in [5.41, 5.74) is 14.4. The number of hydrogen-bond donors (Lipinski definition) is 4. The predicted molar refractivity (Wildman–Crippen MR) is 399 cm³/mol. The topological polar surface area (TPSA) is 231 Å². The maximum absolute atomic E-state index is 13.6. The fourth-order valence-electron chi connectivity index (χ4n) is 15.2. The first-order valence-corrected chi connectivity index (χ1v) is 36.1. The molecule has 4 saturated heterocycles. The number of H-pyrrole nitrogens is 2.